The SMILES string of the molecule is CNC(c1ccc(F)cn1)C(C)CN(C)Cc1ccco1. The van der Waals surface area contributed by atoms with E-state index in [9.17, 15) is 4.39 Å². The Balaban J connectivity index is 1.96. The monoisotopic (exact) mass is 291 g/mol. The number of hydrogen-bond acceptors (Lipinski definition) is 4. The van der Waals surface area contributed by atoms with Gasteiger partial charge in [-0.3, -0.25) is 9.88 Å². The number of nitrogens with one attached hydrogen (secondary N) is 1. The number of nitrogens with zero attached hydrogens (tertiary/aromatic N) is 2. The Morgan fingerprint density at radius 3 is 2.76 bits per heavy atom. The summed E-state index contributed by atoms with van der Waals surface area (Å²) in [6.45, 7) is 3.81. The summed E-state index contributed by atoms with van der Waals surface area (Å²) in [4.78, 5) is 6.38. The Kier molecular flexibility index (Phi) is 5.47. The summed E-state index contributed by atoms with van der Waals surface area (Å²) in [6.07, 6.45) is 2.95. The van der Waals surface area contributed by atoms with Crippen LogP contribution in [0.25, 0.3) is 0 Å². The summed E-state index contributed by atoms with van der Waals surface area (Å²) in [5.41, 5.74) is 0.859. The molecular weight excluding hydrogens is 269 g/mol. The first-order valence-electron chi connectivity index (χ1n) is 7.09. The lowest BCUT2D eigenvalue weighted by atomic mass is 9.98. The molecule has 114 valence electrons. The van der Waals surface area contributed by atoms with Gasteiger partial charge in [0.05, 0.1) is 30.7 Å². The van der Waals surface area contributed by atoms with Crippen LogP contribution in [-0.2, 0) is 6.54 Å². The average Bonchev–Trinajstić information content (AvgIpc) is 2.94. The molecule has 2 aromatic rings. The molecule has 2 aromatic heterocycles. The van der Waals surface area contributed by atoms with E-state index >= 15 is 0 Å². The maximum Gasteiger partial charge on any atom is 0.141 e. The maximum atomic E-state index is 13.0. The third-order valence-electron chi connectivity index (χ3n) is 3.55. The largest absolute Gasteiger partial charge is 0.468 e. The van der Waals surface area contributed by atoms with E-state index in [0.29, 0.717) is 5.92 Å². The lowest BCUT2D eigenvalue weighted by molar-refractivity contribution is 0.229. The first kappa shape index (κ1) is 15.7. The summed E-state index contributed by atoms with van der Waals surface area (Å²) < 4.78 is 18.3. The van der Waals surface area contributed by atoms with Crippen LogP contribution >= 0.6 is 0 Å². The van der Waals surface area contributed by atoms with E-state index < -0.39 is 0 Å². The zero-order chi connectivity index (χ0) is 15.2. The quantitative estimate of drug-likeness (QED) is 0.851. The molecule has 0 bridgehead atoms. The van der Waals surface area contributed by atoms with E-state index in [0.717, 1.165) is 24.5 Å². The Morgan fingerprint density at radius 1 is 1.38 bits per heavy atom. The molecule has 21 heavy (non-hydrogen) atoms. The van der Waals surface area contributed by atoms with Crippen molar-refractivity contribution in [3.05, 3.63) is 54.0 Å². The second-order valence-electron chi connectivity index (χ2n) is 5.42. The van der Waals surface area contributed by atoms with Gasteiger partial charge in [-0.1, -0.05) is 6.92 Å². The van der Waals surface area contributed by atoms with Crippen LogP contribution in [0.3, 0.4) is 0 Å². The molecule has 4 nitrogen and oxygen atoms in total. The van der Waals surface area contributed by atoms with Gasteiger partial charge in [0.2, 0.25) is 0 Å². The molecule has 0 fully saturated rings. The highest BCUT2D eigenvalue weighted by atomic mass is 19.1. The predicted octanol–water partition coefficient (Wildman–Crippen LogP) is 2.84. The van der Waals surface area contributed by atoms with Crippen molar-refractivity contribution in [1.29, 1.82) is 0 Å². The molecule has 2 heterocycles. The number of aromatic nitrogens is 1. The van der Waals surface area contributed by atoms with Crippen LogP contribution in [0.4, 0.5) is 4.39 Å². The van der Waals surface area contributed by atoms with Crippen LogP contribution in [0.5, 0.6) is 0 Å². The van der Waals surface area contributed by atoms with Crippen molar-refractivity contribution in [2.45, 2.75) is 19.5 Å². The normalized spacial score (nSPS) is 14.3. The zero-order valence-electron chi connectivity index (χ0n) is 12.7. The molecule has 0 amide bonds. The molecule has 2 atom stereocenters. The Labute approximate surface area is 125 Å². The van der Waals surface area contributed by atoms with Crippen molar-refractivity contribution in [2.75, 3.05) is 20.6 Å². The summed E-state index contributed by atoms with van der Waals surface area (Å²) in [5.74, 6) is 0.967. The van der Waals surface area contributed by atoms with Gasteiger partial charge in [0.15, 0.2) is 0 Å². The number of rotatable bonds is 7. The van der Waals surface area contributed by atoms with Gasteiger partial charge in [0.25, 0.3) is 0 Å². The molecule has 2 rings (SSSR count). The summed E-state index contributed by atoms with van der Waals surface area (Å²) >= 11 is 0. The standard InChI is InChI=1S/C16H22FN3O/c1-12(10-20(3)11-14-5-4-8-21-14)16(18-2)15-7-6-13(17)9-19-15/h4-9,12,16,18H,10-11H2,1-3H3. The Morgan fingerprint density at radius 2 is 2.19 bits per heavy atom. The maximum absolute atomic E-state index is 13.0. The van der Waals surface area contributed by atoms with Crippen LogP contribution < -0.4 is 5.32 Å². The van der Waals surface area contributed by atoms with Gasteiger partial charge in [0, 0.05) is 6.54 Å². The summed E-state index contributed by atoms with van der Waals surface area (Å²) in [7, 11) is 3.96. The fraction of sp³-hybridized carbons (Fsp3) is 0.438. The fourth-order valence-corrected chi connectivity index (χ4v) is 2.63. The molecular formula is C16H22FN3O. The molecule has 0 aliphatic heterocycles. The Hall–Kier alpha value is -1.72. The molecule has 0 radical (unpaired) electrons. The van der Waals surface area contributed by atoms with Crippen molar-refractivity contribution < 1.29 is 8.81 Å². The van der Waals surface area contributed by atoms with Crippen molar-refractivity contribution in [3.63, 3.8) is 0 Å². The first-order valence-corrected chi connectivity index (χ1v) is 7.09. The molecule has 1 N–H and O–H groups in total. The highest BCUT2D eigenvalue weighted by molar-refractivity contribution is 5.11. The molecule has 0 aliphatic carbocycles. The number of hydrogen-bond donors (Lipinski definition) is 1. The lowest BCUT2D eigenvalue weighted by Gasteiger charge is -2.27. The van der Waals surface area contributed by atoms with Gasteiger partial charge >= 0.3 is 0 Å². The molecule has 2 unspecified atom stereocenters. The van der Waals surface area contributed by atoms with E-state index in [1.807, 2.05) is 19.2 Å². The van der Waals surface area contributed by atoms with Gasteiger partial charge in [-0.15, -0.1) is 0 Å². The van der Waals surface area contributed by atoms with Crippen LogP contribution in [0, 0.1) is 11.7 Å². The lowest BCUT2D eigenvalue weighted by Crippen LogP contribution is -2.33. The van der Waals surface area contributed by atoms with E-state index in [-0.39, 0.29) is 11.9 Å². The van der Waals surface area contributed by atoms with Crippen LogP contribution in [0.1, 0.15) is 24.4 Å². The Bertz CT molecular complexity index is 527. The number of halogens is 1. The highest BCUT2D eigenvalue weighted by Crippen LogP contribution is 2.21. The number of furan rings is 1. The first-order chi connectivity index (χ1) is 10.1. The highest BCUT2D eigenvalue weighted by Gasteiger charge is 2.20. The zero-order valence-corrected chi connectivity index (χ0v) is 12.7. The van der Waals surface area contributed by atoms with Crippen molar-refractivity contribution in [3.8, 4) is 0 Å². The van der Waals surface area contributed by atoms with Crippen LogP contribution in [-0.4, -0.2) is 30.5 Å². The molecule has 0 aromatic carbocycles. The van der Waals surface area contributed by atoms with Gasteiger partial charge < -0.3 is 9.73 Å². The number of pyridine rings is 1. The van der Waals surface area contributed by atoms with Gasteiger partial charge in [-0.2, -0.15) is 0 Å². The molecule has 0 aliphatic rings. The van der Waals surface area contributed by atoms with Gasteiger partial charge in [-0.25, -0.2) is 4.39 Å². The fourth-order valence-electron chi connectivity index (χ4n) is 2.63. The second kappa shape index (κ2) is 7.33. The second-order valence-corrected chi connectivity index (χ2v) is 5.42. The van der Waals surface area contributed by atoms with E-state index in [1.165, 1.54) is 12.3 Å². The third-order valence-corrected chi connectivity index (χ3v) is 3.55. The summed E-state index contributed by atoms with van der Waals surface area (Å²) in [6, 6.07) is 7.14. The van der Waals surface area contributed by atoms with Crippen molar-refractivity contribution in [2.24, 2.45) is 5.92 Å². The van der Waals surface area contributed by atoms with Gasteiger partial charge in [0.1, 0.15) is 11.6 Å². The van der Waals surface area contributed by atoms with Gasteiger partial charge in [-0.05, 0) is 44.3 Å². The molecule has 5 heteroatoms. The minimum absolute atomic E-state index is 0.0876. The minimum Gasteiger partial charge on any atom is -0.468 e. The van der Waals surface area contributed by atoms with Crippen molar-refractivity contribution in [1.82, 2.24) is 15.2 Å². The topological polar surface area (TPSA) is 41.3 Å². The van der Waals surface area contributed by atoms with Crippen LogP contribution in [0.15, 0.2) is 41.1 Å². The van der Waals surface area contributed by atoms with Crippen LogP contribution in [0.2, 0.25) is 0 Å². The van der Waals surface area contributed by atoms with E-state index in [4.69, 9.17) is 4.42 Å². The van der Waals surface area contributed by atoms with E-state index in [1.54, 1.807) is 12.3 Å². The predicted molar refractivity (Wildman–Crippen MR) is 80.2 cm³/mol. The molecule has 0 spiro atoms. The van der Waals surface area contributed by atoms with Crippen molar-refractivity contribution >= 4 is 0 Å². The smallest absolute Gasteiger partial charge is 0.141 e. The third kappa shape index (κ3) is 4.37. The molecule has 0 saturated heterocycles. The minimum atomic E-state index is -0.309. The summed E-state index contributed by atoms with van der Waals surface area (Å²) in [5, 5.41) is 3.27. The van der Waals surface area contributed by atoms with E-state index in [2.05, 4.69) is 29.2 Å². The average molecular weight is 291 g/mol. The molecule has 0 saturated carbocycles.